The number of carbonyl (C=O) groups excluding carboxylic acids is 3. The predicted octanol–water partition coefficient (Wildman–Crippen LogP) is 1.61. The van der Waals surface area contributed by atoms with Gasteiger partial charge in [-0.25, -0.2) is 0 Å². The molecule has 0 aromatic heterocycles. The Balaban J connectivity index is 1.64. The molecular formula is C20H24N2O5. The Kier molecular flexibility index (Phi) is 5.48. The molecule has 1 aromatic carbocycles. The van der Waals surface area contributed by atoms with Crippen LogP contribution in [0.1, 0.15) is 18.4 Å². The fourth-order valence-electron chi connectivity index (χ4n) is 3.62. The summed E-state index contributed by atoms with van der Waals surface area (Å²) in [5, 5.41) is 0. The van der Waals surface area contributed by atoms with Gasteiger partial charge >= 0.3 is 0 Å². The van der Waals surface area contributed by atoms with E-state index in [4.69, 9.17) is 9.47 Å². The Morgan fingerprint density at radius 1 is 1.07 bits per heavy atom. The molecule has 1 fully saturated rings. The first-order valence-corrected chi connectivity index (χ1v) is 8.91. The molecule has 1 saturated heterocycles. The van der Waals surface area contributed by atoms with Crippen molar-refractivity contribution in [2.24, 2.45) is 11.8 Å². The Hall–Kier alpha value is -2.83. The van der Waals surface area contributed by atoms with Crippen LogP contribution in [0.15, 0.2) is 30.4 Å². The third kappa shape index (κ3) is 3.67. The molecule has 27 heavy (non-hydrogen) atoms. The molecule has 1 aliphatic heterocycles. The third-order valence-corrected chi connectivity index (χ3v) is 5.19. The van der Waals surface area contributed by atoms with Crippen LogP contribution in [0, 0.1) is 11.8 Å². The molecule has 2 aliphatic rings. The molecule has 2 atom stereocenters. The molecule has 0 radical (unpaired) electrons. The maximum Gasteiger partial charge on any atom is 0.242 e. The van der Waals surface area contributed by atoms with Gasteiger partial charge in [0.1, 0.15) is 6.54 Å². The first kappa shape index (κ1) is 18.9. The number of likely N-dealkylation sites (N-methyl/N-ethyl adjacent to an activating group) is 1. The highest BCUT2D eigenvalue weighted by atomic mass is 16.5. The topological polar surface area (TPSA) is 76.2 Å². The Morgan fingerprint density at radius 2 is 1.67 bits per heavy atom. The van der Waals surface area contributed by atoms with Crippen LogP contribution in [-0.4, -0.2) is 55.3 Å². The minimum Gasteiger partial charge on any atom is -0.493 e. The highest BCUT2D eigenvalue weighted by molar-refractivity contribution is 6.07. The van der Waals surface area contributed by atoms with Crippen LogP contribution in [0.25, 0.3) is 0 Å². The highest BCUT2D eigenvalue weighted by Gasteiger charge is 2.47. The number of benzene rings is 1. The molecule has 3 amide bonds. The van der Waals surface area contributed by atoms with E-state index in [1.165, 1.54) is 4.90 Å². The molecule has 1 aromatic rings. The van der Waals surface area contributed by atoms with Crippen LogP contribution in [0.4, 0.5) is 0 Å². The average molecular weight is 372 g/mol. The number of amides is 3. The summed E-state index contributed by atoms with van der Waals surface area (Å²) >= 11 is 0. The standard InChI is InChI=1S/C20H24N2O5/c1-21(11-13-8-9-16(26-2)17(10-13)27-3)18(23)12-22-19(24)14-6-4-5-7-15(14)20(22)25/h4-5,8-10,14-15H,6-7,11-12H2,1-3H3/t14-,15-/m0/s1. The van der Waals surface area contributed by atoms with Crippen molar-refractivity contribution in [2.75, 3.05) is 27.8 Å². The Morgan fingerprint density at radius 3 is 2.22 bits per heavy atom. The number of rotatable bonds is 6. The molecule has 0 saturated carbocycles. The first-order chi connectivity index (χ1) is 13.0. The maximum atomic E-state index is 12.6. The zero-order valence-corrected chi connectivity index (χ0v) is 15.8. The van der Waals surface area contributed by atoms with E-state index in [1.54, 1.807) is 33.4 Å². The quantitative estimate of drug-likeness (QED) is 0.560. The van der Waals surface area contributed by atoms with Gasteiger partial charge in [-0.3, -0.25) is 19.3 Å². The zero-order chi connectivity index (χ0) is 19.6. The summed E-state index contributed by atoms with van der Waals surface area (Å²) in [6.45, 7) is 0.123. The van der Waals surface area contributed by atoms with Crippen molar-refractivity contribution in [1.29, 1.82) is 0 Å². The molecule has 7 nitrogen and oxygen atoms in total. The van der Waals surface area contributed by atoms with Gasteiger partial charge in [-0.15, -0.1) is 0 Å². The van der Waals surface area contributed by atoms with Crippen LogP contribution in [0.3, 0.4) is 0 Å². The van der Waals surface area contributed by atoms with E-state index in [0.29, 0.717) is 30.9 Å². The summed E-state index contributed by atoms with van der Waals surface area (Å²) in [4.78, 5) is 40.2. The summed E-state index contributed by atoms with van der Waals surface area (Å²) in [7, 11) is 4.76. The average Bonchev–Trinajstić information content (AvgIpc) is 2.93. The van der Waals surface area contributed by atoms with Gasteiger partial charge in [0.2, 0.25) is 17.7 Å². The third-order valence-electron chi connectivity index (χ3n) is 5.19. The van der Waals surface area contributed by atoms with Gasteiger partial charge < -0.3 is 14.4 Å². The molecular weight excluding hydrogens is 348 g/mol. The molecule has 144 valence electrons. The second-order valence-corrected chi connectivity index (χ2v) is 6.86. The number of ether oxygens (including phenoxy) is 2. The lowest BCUT2D eigenvalue weighted by Gasteiger charge is -2.21. The molecule has 0 bridgehead atoms. The van der Waals surface area contributed by atoms with Crippen LogP contribution >= 0.6 is 0 Å². The van der Waals surface area contributed by atoms with Gasteiger partial charge in [0, 0.05) is 13.6 Å². The van der Waals surface area contributed by atoms with Crippen molar-refractivity contribution >= 4 is 17.7 Å². The number of allylic oxidation sites excluding steroid dienone is 2. The van der Waals surface area contributed by atoms with E-state index in [2.05, 4.69) is 0 Å². The number of nitrogens with zero attached hydrogens (tertiary/aromatic N) is 2. The summed E-state index contributed by atoms with van der Waals surface area (Å²) in [5.41, 5.74) is 0.862. The molecule has 0 N–H and O–H groups in total. The molecule has 3 rings (SSSR count). The summed E-state index contributed by atoms with van der Waals surface area (Å²) in [6, 6.07) is 5.42. The highest BCUT2D eigenvalue weighted by Crippen LogP contribution is 2.35. The molecule has 1 heterocycles. The van der Waals surface area contributed by atoms with Gasteiger partial charge in [0.05, 0.1) is 26.1 Å². The summed E-state index contributed by atoms with van der Waals surface area (Å²) < 4.78 is 10.5. The molecule has 7 heteroatoms. The Bertz CT molecular complexity index is 763. The smallest absolute Gasteiger partial charge is 0.242 e. The number of methoxy groups -OCH3 is 2. The summed E-state index contributed by atoms with van der Waals surface area (Å²) in [5.74, 6) is -0.183. The van der Waals surface area contributed by atoms with Gasteiger partial charge in [-0.05, 0) is 30.5 Å². The minimum absolute atomic E-state index is 0.214. The number of likely N-dealkylation sites (tertiary alicyclic amines) is 1. The Labute approximate surface area is 158 Å². The second-order valence-electron chi connectivity index (χ2n) is 6.86. The van der Waals surface area contributed by atoms with Crippen molar-refractivity contribution in [3.05, 3.63) is 35.9 Å². The van der Waals surface area contributed by atoms with Gasteiger partial charge in [0.15, 0.2) is 11.5 Å². The van der Waals surface area contributed by atoms with Crippen LogP contribution in [-0.2, 0) is 20.9 Å². The summed E-state index contributed by atoms with van der Waals surface area (Å²) in [6.07, 6.45) is 5.00. The molecule has 0 spiro atoms. The monoisotopic (exact) mass is 372 g/mol. The van der Waals surface area contributed by atoms with Crippen molar-refractivity contribution in [3.8, 4) is 11.5 Å². The first-order valence-electron chi connectivity index (χ1n) is 8.91. The fourth-order valence-corrected chi connectivity index (χ4v) is 3.62. The predicted molar refractivity (Wildman–Crippen MR) is 98.1 cm³/mol. The lowest BCUT2D eigenvalue weighted by Crippen LogP contribution is -2.41. The van der Waals surface area contributed by atoms with E-state index in [1.807, 2.05) is 18.2 Å². The minimum atomic E-state index is -0.313. The van der Waals surface area contributed by atoms with Gasteiger partial charge in [0.25, 0.3) is 0 Å². The fraction of sp³-hybridized carbons (Fsp3) is 0.450. The normalized spacial score (nSPS) is 21.2. The second kappa shape index (κ2) is 7.82. The van der Waals surface area contributed by atoms with E-state index in [-0.39, 0.29) is 36.1 Å². The van der Waals surface area contributed by atoms with Crippen molar-refractivity contribution in [1.82, 2.24) is 9.80 Å². The van der Waals surface area contributed by atoms with E-state index >= 15 is 0 Å². The van der Waals surface area contributed by atoms with Crippen LogP contribution < -0.4 is 9.47 Å². The van der Waals surface area contributed by atoms with Gasteiger partial charge in [-0.2, -0.15) is 0 Å². The molecule has 1 aliphatic carbocycles. The van der Waals surface area contributed by atoms with E-state index in [9.17, 15) is 14.4 Å². The number of hydrogen-bond donors (Lipinski definition) is 0. The van der Waals surface area contributed by atoms with Crippen LogP contribution in [0.2, 0.25) is 0 Å². The number of carbonyl (C=O) groups is 3. The van der Waals surface area contributed by atoms with Crippen molar-refractivity contribution in [3.63, 3.8) is 0 Å². The van der Waals surface area contributed by atoms with E-state index in [0.717, 1.165) is 10.5 Å². The molecule has 0 unspecified atom stereocenters. The zero-order valence-electron chi connectivity index (χ0n) is 15.8. The maximum absolute atomic E-state index is 12.6. The largest absolute Gasteiger partial charge is 0.493 e. The number of imide groups is 1. The van der Waals surface area contributed by atoms with Crippen molar-refractivity contribution in [2.45, 2.75) is 19.4 Å². The SMILES string of the molecule is COc1ccc(CN(C)C(=O)CN2C(=O)[C@H]3CC=CC[C@@H]3C2=O)cc1OC. The number of hydrogen-bond acceptors (Lipinski definition) is 5. The lowest BCUT2D eigenvalue weighted by molar-refractivity contribution is -0.146. The van der Waals surface area contributed by atoms with Crippen molar-refractivity contribution < 1.29 is 23.9 Å². The van der Waals surface area contributed by atoms with Crippen LogP contribution in [0.5, 0.6) is 11.5 Å². The number of fused-ring (bicyclic) bond motifs is 1. The van der Waals surface area contributed by atoms with E-state index < -0.39 is 0 Å². The lowest BCUT2D eigenvalue weighted by atomic mass is 9.85. The van der Waals surface area contributed by atoms with Gasteiger partial charge in [-0.1, -0.05) is 18.2 Å².